The largest absolute Gasteiger partial charge is 0.324 e. The molecule has 0 radical (unpaired) electrons. The van der Waals surface area contributed by atoms with Gasteiger partial charge in [0.1, 0.15) is 4.90 Å². The van der Waals surface area contributed by atoms with Crippen LogP contribution in [0.5, 0.6) is 0 Å². The van der Waals surface area contributed by atoms with Crippen molar-refractivity contribution in [1.29, 1.82) is 0 Å². The van der Waals surface area contributed by atoms with Crippen LogP contribution in [0.4, 0.5) is 5.69 Å². The second kappa shape index (κ2) is 6.62. The summed E-state index contributed by atoms with van der Waals surface area (Å²) in [5, 5.41) is 4.46. The number of thiophene rings is 1. The van der Waals surface area contributed by atoms with E-state index >= 15 is 0 Å². The molecular weight excluding hydrogens is 378 g/mol. The first kappa shape index (κ1) is 17.9. The second-order valence-corrected chi connectivity index (χ2v) is 9.65. The van der Waals surface area contributed by atoms with Crippen LogP contribution in [-0.2, 0) is 14.6 Å². The lowest BCUT2D eigenvalue weighted by molar-refractivity contribution is -0.116. The van der Waals surface area contributed by atoms with Crippen LogP contribution in [0.1, 0.15) is 33.9 Å². The molecule has 2 heterocycles. The fourth-order valence-electron chi connectivity index (χ4n) is 3.52. The predicted octanol–water partition coefficient (Wildman–Crippen LogP) is 4.67. The molecule has 1 N–H and O–H groups in total. The summed E-state index contributed by atoms with van der Waals surface area (Å²) in [6, 6.07) is 14.5. The molecule has 4 rings (SSSR count). The molecule has 2 aromatic carbocycles. The Morgan fingerprint density at radius 3 is 2.56 bits per heavy atom. The van der Waals surface area contributed by atoms with Gasteiger partial charge in [0.2, 0.25) is 15.7 Å². The molecule has 138 valence electrons. The Morgan fingerprint density at radius 1 is 1.07 bits per heavy atom. The van der Waals surface area contributed by atoms with Crippen LogP contribution < -0.4 is 5.32 Å². The van der Waals surface area contributed by atoms with Gasteiger partial charge < -0.3 is 5.32 Å². The zero-order chi connectivity index (χ0) is 19.2. The summed E-state index contributed by atoms with van der Waals surface area (Å²) in [5.41, 5.74) is 3.74. The molecule has 0 bridgehead atoms. The highest BCUT2D eigenvalue weighted by atomic mass is 32.2. The van der Waals surface area contributed by atoms with Gasteiger partial charge in [-0.15, -0.1) is 11.3 Å². The Kier molecular flexibility index (Phi) is 4.40. The van der Waals surface area contributed by atoms with Crippen molar-refractivity contribution in [1.82, 2.24) is 0 Å². The van der Waals surface area contributed by atoms with Gasteiger partial charge in [0.05, 0.1) is 10.6 Å². The molecule has 6 heteroatoms. The lowest BCUT2D eigenvalue weighted by Crippen LogP contribution is -2.24. The van der Waals surface area contributed by atoms with Crippen LogP contribution >= 0.6 is 11.3 Å². The normalized spacial score (nSPS) is 16.7. The van der Waals surface area contributed by atoms with Gasteiger partial charge in [0.25, 0.3) is 0 Å². The number of rotatable bonds is 3. The molecular formula is C21H19NO3S2. The second-order valence-electron chi connectivity index (χ2n) is 6.82. The Morgan fingerprint density at radius 2 is 1.81 bits per heavy atom. The van der Waals surface area contributed by atoms with Gasteiger partial charge >= 0.3 is 0 Å². The first-order valence-electron chi connectivity index (χ1n) is 8.66. The number of amides is 1. The molecule has 0 fully saturated rings. The van der Waals surface area contributed by atoms with E-state index < -0.39 is 9.84 Å². The van der Waals surface area contributed by atoms with Crippen molar-refractivity contribution >= 4 is 32.8 Å². The van der Waals surface area contributed by atoms with Crippen LogP contribution in [-0.4, -0.2) is 14.3 Å². The molecule has 4 nitrogen and oxygen atoms in total. The van der Waals surface area contributed by atoms with E-state index in [1.807, 2.05) is 26.0 Å². The Hall–Kier alpha value is -2.44. The van der Waals surface area contributed by atoms with Gasteiger partial charge in [-0.25, -0.2) is 8.42 Å². The zero-order valence-electron chi connectivity index (χ0n) is 15.0. The fourth-order valence-corrected chi connectivity index (χ4v) is 6.44. The molecule has 27 heavy (non-hydrogen) atoms. The van der Waals surface area contributed by atoms with Crippen LogP contribution in [0.15, 0.2) is 63.7 Å². The maximum absolute atomic E-state index is 13.1. The number of benzene rings is 2. The van der Waals surface area contributed by atoms with E-state index in [-0.39, 0.29) is 21.6 Å². The van der Waals surface area contributed by atoms with Crippen molar-refractivity contribution in [2.75, 3.05) is 5.32 Å². The van der Waals surface area contributed by atoms with Gasteiger partial charge in [0.15, 0.2) is 0 Å². The summed E-state index contributed by atoms with van der Waals surface area (Å²) in [7, 11) is -3.69. The smallest absolute Gasteiger partial charge is 0.225 e. The summed E-state index contributed by atoms with van der Waals surface area (Å²) in [4.78, 5) is 13.7. The third-order valence-corrected chi connectivity index (χ3v) is 7.95. The molecule has 1 atom stereocenters. The number of carbonyl (C=O) groups excluding carboxylic acids is 1. The Bertz CT molecular complexity index is 1130. The molecule has 0 unspecified atom stereocenters. The number of carbonyl (C=O) groups is 1. The topological polar surface area (TPSA) is 63.2 Å². The van der Waals surface area contributed by atoms with E-state index in [1.54, 1.807) is 35.7 Å². The van der Waals surface area contributed by atoms with Crippen molar-refractivity contribution in [2.45, 2.75) is 36.0 Å². The molecule has 1 aliphatic heterocycles. The molecule has 0 spiro atoms. The van der Waals surface area contributed by atoms with Crippen LogP contribution in [0, 0.1) is 13.8 Å². The van der Waals surface area contributed by atoms with E-state index in [0.717, 1.165) is 21.6 Å². The van der Waals surface area contributed by atoms with Gasteiger partial charge in [-0.05, 0) is 37.1 Å². The molecule has 1 aromatic heterocycles. The minimum Gasteiger partial charge on any atom is -0.324 e. The number of anilines is 1. The summed E-state index contributed by atoms with van der Waals surface area (Å²) in [6.45, 7) is 4.04. The monoisotopic (exact) mass is 397 g/mol. The minimum absolute atomic E-state index is 0.127. The molecule has 1 aliphatic rings. The average Bonchev–Trinajstić information content (AvgIpc) is 3.08. The average molecular weight is 398 g/mol. The Labute approximate surface area is 162 Å². The summed E-state index contributed by atoms with van der Waals surface area (Å²) in [6.07, 6.45) is 0.322. The number of aryl methyl sites for hydroxylation is 2. The van der Waals surface area contributed by atoms with Gasteiger partial charge in [-0.2, -0.15) is 0 Å². The first-order chi connectivity index (χ1) is 12.9. The van der Waals surface area contributed by atoms with Gasteiger partial charge in [-0.3, -0.25) is 4.79 Å². The minimum atomic E-state index is -3.69. The zero-order valence-corrected chi connectivity index (χ0v) is 16.7. The number of hydrogen-bond donors (Lipinski definition) is 1. The molecule has 0 aliphatic carbocycles. The highest BCUT2D eigenvalue weighted by Crippen LogP contribution is 2.46. The van der Waals surface area contributed by atoms with Crippen LogP contribution in [0.3, 0.4) is 0 Å². The van der Waals surface area contributed by atoms with Gasteiger partial charge in [0, 0.05) is 22.6 Å². The number of sulfone groups is 1. The lowest BCUT2D eigenvalue weighted by Gasteiger charge is -2.25. The van der Waals surface area contributed by atoms with E-state index in [1.165, 1.54) is 11.3 Å². The van der Waals surface area contributed by atoms with Crippen molar-refractivity contribution < 1.29 is 13.2 Å². The van der Waals surface area contributed by atoms with Crippen molar-refractivity contribution in [3.8, 4) is 0 Å². The number of fused-ring (bicyclic) bond motifs is 1. The maximum atomic E-state index is 13.1. The first-order valence-corrected chi connectivity index (χ1v) is 11.0. The molecule has 3 aromatic rings. The molecule has 1 amide bonds. The Balaban J connectivity index is 1.87. The molecule has 0 saturated carbocycles. The highest BCUT2D eigenvalue weighted by molar-refractivity contribution is 7.91. The van der Waals surface area contributed by atoms with Crippen LogP contribution in [0.2, 0.25) is 0 Å². The van der Waals surface area contributed by atoms with E-state index in [4.69, 9.17) is 0 Å². The van der Waals surface area contributed by atoms with E-state index in [2.05, 4.69) is 11.4 Å². The number of nitrogens with one attached hydrogen (secondary N) is 1. The lowest BCUT2D eigenvalue weighted by atomic mass is 9.87. The SMILES string of the molecule is Cc1ccc(C)c([C@H]2CC(=O)Nc3c(S(=O)(=O)c4ccccc4)csc32)c1. The van der Waals surface area contributed by atoms with Crippen molar-refractivity contribution in [2.24, 2.45) is 0 Å². The third kappa shape index (κ3) is 3.09. The van der Waals surface area contributed by atoms with E-state index in [9.17, 15) is 13.2 Å². The van der Waals surface area contributed by atoms with Crippen LogP contribution in [0.25, 0.3) is 0 Å². The third-order valence-electron chi connectivity index (χ3n) is 4.91. The standard InChI is InChI=1S/C21H19NO3S2/c1-13-8-9-14(2)16(10-13)17-11-19(23)22-20-18(12-26-21(17)20)27(24,25)15-6-4-3-5-7-15/h3-10,12,17H,11H2,1-2H3,(H,22,23)/t17-/m1/s1. The molecule has 0 saturated heterocycles. The van der Waals surface area contributed by atoms with Crippen molar-refractivity contribution in [3.05, 3.63) is 75.5 Å². The summed E-state index contributed by atoms with van der Waals surface area (Å²) >= 11 is 1.40. The number of hydrogen-bond acceptors (Lipinski definition) is 4. The fraction of sp³-hybridized carbons (Fsp3) is 0.190. The van der Waals surface area contributed by atoms with Crippen molar-refractivity contribution in [3.63, 3.8) is 0 Å². The van der Waals surface area contributed by atoms with Gasteiger partial charge in [-0.1, -0.05) is 42.0 Å². The predicted molar refractivity (Wildman–Crippen MR) is 107 cm³/mol. The maximum Gasteiger partial charge on any atom is 0.225 e. The summed E-state index contributed by atoms with van der Waals surface area (Å²) < 4.78 is 26.2. The summed E-state index contributed by atoms with van der Waals surface area (Å²) in [5.74, 6) is -0.283. The highest BCUT2D eigenvalue weighted by Gasteiger charge is 2.34. The quantitative estimate of drug-likeness (QED) is 0.698. The van der Waals surface area contributed by atoms with E-state index in [0.29, 0.717) is 12.1 Å².